The highest BCUT2D eigenvalue weighted by Gasteiger charge is 2.07. The van der Waals surface area contributed by atoms with Crippen LogP contribution in [0, 0.1) is 0 Å². The Kier molecular flexibility index (Phi) is 3.96. The molecule has 0 aliphatic carbocycles. The maximum atomic E-state index is 11.3. The standard InChI is InChI=1S/C12H14OS/c1-9(2)12(10(3)13)14-11-7-5-4-6-8-11/h4-8H,1-3H3. The van der Waals surface area contributed by atoms with Crippen molar-refractivity contribution < 1.29 is 4.79 Å². The van der Waals surface area contributed by atoms with Crippen molar-refractivity contribution in [2.45, 2.75) is 25.7 Å². The molecule has 1 aromatic carbocycles. The van der Waals surface area contributed by atoms with Crippen LogP contribution in [-0.4, -0.2) is 5.78 Å². The first-order chi connectivity index (χ1) is 6.61. The van der Waals surface area contributed by atoms with E-state index >= 15 is 0 Å². The van der Waals surface area contributed by atoms with E-state index in [-0.39, 0.29) is 5.78 Å². The van der Waals surface area contributed by atoms with E-state index < -0.39 is 0 Å². The minimum atomic E-state index is 0.138. The summed E-state index contributed by atoms with van der Waals surface area (Å²) < 4.78 is 0. The zero-order chi connectivity index (χ0) is 10.6. The van der Waals surface area contributed by atoms with E-state index in [1.54, 1.807) is 6.92 Å². The highest BCUT2D eigenvalue weighted by Crippen LogP contribution is 2.28. The molecule has 1 nitrogen and oxygen atoms in total. The maximum absolute atomic E-state index is 11.3. The Hall–Kier alpha value is -1.02. The Morgan fingerprint density at radius 3 is 2.07 bits per heavy atom. The average molecular weight is 206 g/mol. The number of thioether (sulfide) groups is 1. The van der Waals surface area contributed by atoms with Crippen molar-refractivity contribution in [2.24, 2.45) is 0 Å². The normalized spacial score (nSPS) is 9.64. The Labute approximate surface area is 89.2 Å². The fourth-order valence-electron chi connectivity index (χ4n) is 1.13. The summed E-state index contributed by atoms with van der Waals surface area (Å²) in [5, 5.41) is 0. The van der Waals surface area contributed by atoms with Crippen molar-refractivity contribution >= 4 is 17.5 Å². The topological polar surface area (TPSA) is 17.1 Å². The van der Waals surface area contributed by atoms with Gasteiger partial charge >= 0.3 is 0 Å². The van der Waals surface area contributed by atoms with Crippen LogP contribution in [0.25, 0.3) is 0 Å². The van der Waals surface area contributed by atoms with E-state index in [4.69, 9.17) is 0 Å². The molecule has 0 saturated heterocycles. The molecule has 2 heteroatoms. The Balaban J connectivity index is 2.87. The first kappa shape index (κ1) is 11.1. The maximum Gasteiger partial charge on any atom is 0.166 e. The van der Waals surface area contributed by atoms with Crippen LogP contribution >= 0.6 is 11.8 Å². The van der Waals surface area contributed by atoms with Gasteiger partial charge in [-0.3, -0.25) is 4.79 Å². The molecule has 0 heterocycles. The second kappa shape index (κ2) is 5.01. The van der Waals surface area contributed by atoms with Crippen molar-refractivity contribution in [3.05, 3.63) is 40.8 Å². The highest BCUT2D eigenvalue weighted by atomic mass is 32.2. The summed E-state index contributed by atoms with van der Waals surface area (Å²) >= 11 is 1.53. The highest BCUT2D eigenvalue weighted by molar-refractivity contribution is 8.04. The number of carbonyl (C=O) groups is 1. The van der Waals surface area contributed by atoms with Gasteiger partial charge in [-0.15, -0.1) is 0 Å². The van der Waals surface area contributed by atoms with Crippen LogP contribution in [0.3, 0.4) is 0 Å². The summed E-state index contributed by atoms with van der Waals surface area (Å²) in [6, 6.07) is 9.95. The van der Waals surface area contributed by atoms with Crippen LogP contribution in [-0.2, 0) is 4.79 Å². The van der Waals surface area contributed by atoms with Gasteiger partial charge in [-0.2, -0.15) is 0 Å². The molecule has 0 bridgehead atoms. The Morgan fingerprint density at radius 2 is 1.64 bits per heavy atom. The predicted octanol–water partition coefficient (Wildman–Crippen LogP) is 3.66. The van der Waals surface area contributed by atoms with Crippen molar-refractivity contribution in [3.63, 3.8) is 0 Å². The lowest BCUT2D eigenvalue weighted by Crippen LogP contribution is -1.94. The van der Waals surface area contributed by atoms with Crippen molar-refractivity contribution in [3.8, 4) is 0 Å². The lowest BCUT2D eigenvalue weighted by atomic mass is 10.3. The number of hydrogen-bond acceptors (Lipinski definition) is 2. The predicted molar refractivity (Wildman–Crippen MR) is 61.4 cm³/mol. The quantitative estimate of drug-likeness (QED) is 0.554. The average Bonchev–Trinajstić information content (AvgIpc) is 2.15. The number of benzene rings is 1. The van der Waals surface area contributed by atoms with Gasteiger partial charge in [-0.1, -0.05) is 35.5 Å². The molecule has 0 unspecified atom stereocenters. The van der Waals surface area contributed by atoms with E-state index in [1.165, 1.54) is 11.8 Å². The SMILES string of the molecule is CC(=O)C(Sc1ccccc1)=C(C)C. The van der Waals surface area contributed by atoms with Crippen molar-refractivity contribution in [2.75, 3.05) is 0 Å². The lowest BCUT2D eigenvalue weighted by Gasteiger charge is -2.05. The van der Waals surface area contributed by atoms with Gasteiger partial charge in [0.25, 0.3) is 0 Å². The van der Waals surface area contributed by atoms with Crippen molar-refractivity contribution in [1.29, 1.82) is 0 Å². The summed E-state index contributed by atoms with van der Waals surface area (Å²) in [4.78, 5) is 13.3. The van der Waals surface area contributed by atoms with Crippen LogP contribution in [0.5, 0.6) is 0 Å². The summed E-state index contributed by atoms with van der Waals surface area (Å²) in [5.41, 5.74) is 1.08. The molecule has 0 fully saturated rings. The summed E-state index contributed by atoms with van der Waals surface area (Å²) in [6.07, 6.45) is 0. The van der Waals surface area contributed by atoms with E-state index in [0.29, 0.717) is 0 Å². The fourth-order valence-corrected chi connectivity index (χ4v) is 2.01. The van der Waals surface area contributed by atoms with E-state index in [9.17, 15) is 4.79 Å². The van der Waals surface area contributed by atoms with Gasteiger partial charge in [0.2, 0.25) is 0 Å². The number of hydrogen-bond donors (Lipinski definition) is 0. The second-order valence-electron chi connectivity index (χ2n) is 3.30. The van der Waals surface area contributed by atoms with Gasteiger partial charge in [0, 0.05) is 4.90 Å². The number of allylic oxidation sites excluding steroid dienone is 2. The molecular weight excluding hydrogens is 192 g/mol. The molecule has 0 aliphatic heterocycles. The van der Waals surface area contributed by atoms with Gasteiger partial charge in [-0.25, -0.2) is 0 Å². The third kappa shape index (κ3) is 3.04. The number of ketones is 1. The van der Waals surface area contributed by atoms with Gasteiger partial charge in [0.1, 0.15) is 0 Å². The first-order valence-corrected chi connectivity index (χ1v) is 5.34. The van der Waals surface area contributed by atoms with E-state index in [1.807, 2.05) is 44.2 Å². The summed E-state index contributed by atoms with van der Waals surface area (Å²) in [7, 11) is 0. The molecule has 1 aromatic rings. The van der Waals surface area contributed by atoms with Crippen LogP contribution < -0.4 is 0 Å². The molecule has 74 valence electrons. The summed E-state index contributed by atoms with van der Waals surface area (Å²) in [6.45, 7) is 5.54. The molecular formula is C12H14OS. The molecule has 1 rings (SSSR count). The smallest absolute Gasteiger partial charge is 0.166 e. The molecule has 0 saturated carbocycles. The monoisotopic (exact) mass is 206 g/mol. The minimum Gasteiger partial charge on any atom is -0.294 e. The molecule has 0 atom stereocenters. The van der Waals surface area contributed by atoms with Crippen LogP contribution in [0.15, 0.2) is 45.7 Å². The van der Waals surface area contributed by atoms with E-state index in [2.05, 4.69) is 0 Å². The number of rotatable bonds is 3. The number of Topliss-reactive ketones (excluding diaryl/α,β-unsaturated/α-hetero) is 1. The molecule has 14 heavy (non-hydrogen) atoms. The van der Waals surface area contributed by atoms with Gasteiger partial charge in [0.05, 0.1) is 4.91 Å². The Morgan fingerprint density at radius 1 is 1.07 bits per heavy atom. The molecule has 0 aliphatic rings. The molecule has 0 amide bonds. The lowest BCUT2D eigenvalue weighted by molar-refractivity contribution is -0.113. The summed E-state index contributed by atoms with van der Waals surface area (Å²) in [5.74, 6) is 0.138. The zero-order valence-electron chi connectivity index (χ0n) is 8.70. The van der Waals surface area contributed by atoms with Crippen LogP contribution in [0.2, 0.25) is 0 Å². The molecule has 0 spiro atoms. The molecule has 0 N–H and O–H groups in total. The van der Waals surface area contributed by atoms with Gasteiger partial charge in [-0.05, 0) is 32.9 Å². The second-order valence-corrected chi connectivity index (χ2v) is 4.38. The van der Waals surface area contributed by atoms with Crippen molar-refractivity contribution in [1.82, 2.24) is 0 Å². The zero-order valence-corrected chi connectivity index (χ0v) is 9.52. The third-order valence-corrected chi connectivity index (χ3v) is 3.14. The van der Waals surface area contributed by atoms with Gasteiger partial charge < -0.3 is 0 Å². The van der Waals surface area contributed by atoms with E-state index in [0.717, 1.165) is 15.4 Å². The Bertz CT molecular complexity index is 348. The minimum absolute atomic E-state index is 0.138. The molecule has 0 aromatic heterocycles. The first-order valence-electron chi connectivity index (χ1n) is 4.52. The molecule has 0 radical (unpaired) electrons. The largest absolute Gasteiger partial charge is 0.294 e. The fraction of sp³-hybridized carbons (Fsp3) is 0.250. The third-order valence-electron chi connectivity index (χ3n) is 1.74. The van der Waals surface area contributed by atoms with Gasteiger partial charge in [0.15, 0.2) is 5.78 Å². The van der Waals surface area contributed by atoms with Crippen LogP contribution in [0.1, 0.15) is 20.8 Å². The number of carbonyl (C=O) groups excluding carboxylic acids is 1. The van der Waals surface area contributed by atoms with Crippen LogP contribution in [0.4, 0.5) is 0 Å².